The molecule has 2 heterocycles. The van der Waals surface area contributed by atoms with E-state index in [1.165, 1.54) is 6.42 Å². The molecule has 0 spiro atoms. The summed E-state index contributed by atoms with van der Waals surface area (Å²) in [5, 5.41) is 5.21. The van der Waals surface area contributed by atoms with E-state index in [9.17, 15) is 0 Å². The van der Waals surface area contributed by atoms with Crippen molar-refractivity contribution in [1.29, 1.82) is 0 Å². The number of aryl methyl sites for hydroxylation is 2. The molecule has 0 atom stereocenters. The van der Waals surface area contributed by atoms with E-state index in [2.05, 4.69) is 51.6 Å². The van der Waals surface area contributed by atoms with E-state index in [1.54, 1.807) is 6.20 Å². The average molecular weight is 357 g/mol. The summed E-state index contributed by atoms with van der Waals surface area (Å²) >= 11 is 0. The number of pyridine rings is 1. The Morgan fingerprint density at radius 1 is 1.04 bits per heavy atom. The first-order valence-corrected chi connectivity index (χ1v) is 8.15. The minimum Gasteiger partial charge on any atom is -0.383 e. The lowest BCUT2D eigenvalue weighted by atomic mass is 10.0. The zero-order valence-electron chi connectivity index (χ0n) is 16.3. The van der Waals surface area contributed by atoms with Crippen molar-refractivity contribution in [2.45, 2.75) is 91.0 Å². The Bertz CT molecular complexity index is 516. The number of aromatic nitrogens is 3. The third-order valence-corrected chi connectivity index (χ3v) is 1.97. The van der Waals surface area contributed by atoms with Crippen molar-refractivity contribution in [2.24, 2.45) is 12.5 Å². The van der Waals surface area contributed by atoms with Crippen LogP contribution in [0.15, 0.2) is 12.3 Å². The molecule has 4 heteroatoms. The monoisotopic (exact) mass is 356 g/mol. The van der Waals surface area contributed by atoms with Gasteiger partial charge in [0, 0.05) is 13.2 Å². The van der Waals surface area contributed by atoms with Crippen LogP contribution in [0.1, 0.15) is 89.8 Å². The smallest absolute Gasteiger partial charge is 0.134 e. The predicted molar refractivity (Wildman–Crippen MR) is 120 cm³/mol. The number of hydrogen-bond donors (Lipinski definition) is 1. The van der Waals surface area contributed by atoms with Gasteiger partial charge in [0.15, 0.2) is 0 Å². The van der Waals surface area contributed by atoms with Gasteiger partial charge >= 0.3 is 0 Å². The molecule has 0 unspecified atom stereocenters. The Hall–Kier alpha value is -1.58. The van der Waals surface area contributed by atoms with E-state index in [-0.39, 0.29) is 22.3 Å². The van der Waals surface area contributed by atoms with Gasteiger partial charge in [-0.25, -0.2) is 4.98 Å². The van der Waals surface area contributed by atoms with Crippen LogP contribution in [0.4, 0.5) is 5.82 Å². The molecule has 0 saturated carbocycles. The zero-order valence-corrected chi connectivity index (χ0v) is 16.3. The van der Waals surface area contributed by atoms with Gasteiger partial charge in [-0.3, -0.25) is 4.68 Å². The summed E-state index contributed by atoms with van der Waals surface area (Å²) in [6.07, 6.45) is 2.94. The molecule has 0 bridgehead atoms. The Labute approximate surface area is 159 Å². The molecule has 0 aromatic carbocycles. The Morgan fingerprint density at radius 3 is 1.72 bits per heavy atom. The molecule has 2 rings (SSSR count). The first kappa shape index (κ1) is 34.7. The fraction of sp³-hybridized carbons (Fsp3) is 0.714. The number of nitrogen functional groups attached to an aromatic ring is 1. The van der Waals surface area contributed by atoms with Crippen molar-refractivity contribution in [3.05, 3.63) is 18.0 Å². The van der Waals surface area contributed by atoms with Gasteiger partial charge in [-0.05, 0) is 18.4 Å². The number of anilines is 1. The van der Waals surface area contributed by atoms with Crippen LogP contribution in [0.5, 0.6) is 0 Å². The standard InChI is InChI=1S/C8H10N4.C5H12.C3H8.C2H6.3CH4/c1-5-7-6(12(2)11-5)3-4-10-8(7)9;1-5(2,3)4;1-3-2;1-2;;;/h3-4H,1-2H3,(H2,9,10);1-4H3;3H2,1-2H3;1-2H3;3*1H4. The molecule has 0 amide bonds. The number of hydrogen-bond acceptors (Lipinski definition) is 3. The summed E-state index contributed by atoms with van der Waals surface area (Å²) < 4.78 is 1.81. The second-order valence-electron chi connectivity index (χ2n) is 6.51. The predicted octanol–water partition coefficient (Wildman–Crippen LogP) is 7.26. The van der Waals surface area contributed by atoms with Gasteiger partial charge < -0.3 is 5.73 Å². The molecule has 25 heavy (non-hydrogen) atoms. The minimum absolute atomic E-state index is 0. The van der Waals surface area contributed by atoms with Gasteiger partial charge in [0.05, 0.1) is 16.6 Å². The van der Waals surface area contributed by atoms with Crippen LogP contribution >= 0.6 is 0 Å². The highest BCUT2D eigenvalue weighted by molar-refractivity contribution is 5.90. The largest absolute Gasteiger partial charge is 0.383 e. The normalized spacial score (nSPS) is 8.56. The molecule has 0 aliphatic heterocycles. The molecule has 0 fully saturated rings. The van der Waals surface area contributed by atoms with E-state index in [0.717, 1.165) is 16.6 Å². The van der Waals surface area contributed by atoms with Crippen LogP contribution in [0, 0.1) is 12.3 Å². The fourth-order valence-electron chi connectivity index (χ4n) is 1.44. The Kier molecular flexibility index (Phi) is 23.9. The van der Waals surface area contributed by atoms with Crippen LogP contribution in [0.3, 0.4) is 0 Å². The van der Waals surface area contributed by atoms with Crippen LogP contribution in [0.25, 0.3) is 10.9 Å². The maximum absolute atomic E-state index is 5.71. The van der Waals surface area contributed by atoms with Gasteiger partial charge in [-0.2, -0.15) is 5.10 Å². The van der Waals surface area contributed by atoms with Crippen molar-refractivity contribution in [1.82, 2.24) is 14.8 Å². The third-order valence-electron chi connectivity index (χ3n) is 1.97. The van der Waals surface area contributed by atoms with Gasteiger partial charge in [0.1, 0.15) is 5.82 Å². The Balaban J connectivity index is -0.0000000890. The number of nitrogens with two attached hydrogens (primary N) is 1. The molecule has 2 aromatic heterocycles. The second-order valence-corrected chi connectivity index (χ2v) is 6.51. The highest BCUT2D eigenvalue weighted by atomic mass is 15.3. The van der Waals surface area contributed by atoms with Crippen LogP contribution in [-0.4, -0.2) is 14.8 Å². The SMILES string of the molecule is C.C.C.CC.CC(C)(C)C.CCC.Cc1nn(C)c2ccnc(N)c12. The van der Waals surface area contributed by atoms with Crippen molar-refractivity contribution in [2.75, 3.05) is 5.73 Å². The van der Waals surface area contributed by atoms with Gasteiger partial charge in [0.25, 0.3) is 0 Å². The quantitative estimate of drug-likeness (QED) is 0.540. The van der Waals surface area contributed by atoms with Gasteiger partial charge in [0.2, 0.25) is 0 Å². The van der Waals surface area contributed by atoms with E-state index in [0.29, 0.717) is 11.2 Å². The molecule has 4 nitrogen and oxygen atoms in total. The topological polar surface area (TPSA) is 56.7 Å². The number of fused-ring (bicyclic) bond motifs is 1. The molecule has 152 valence electrons. The number of rotatable bonds is 0. The van der Waals surface area contributed by atoms with Crippen LogP contribution < -0.4 is 5.73 Å². The summed E-state index contributed by atoms with van der Waals surface area (Å²) in [6.45, 7) is 18.9. The molecule has 0 saturated heterocycles. The lowest BCUT2D eigenvalue weighted by Crippen LogP contribution is -1.93. The maximum Gasteiger partial charge on any atom is 0.134 e. The second kappa shape index (κ2) is 17.2. The van der Waals surface area contributed by atoms with E-state index < -0.39 is 0 Å². The summed E-state index contributed by atoms with van der Waals surface area (Å²) in [5.74, 6) is 0.554. The molecular formula is C21H48N4. The highest BCUT2D eigenvalue weighted by Gasteiger charge is 2.07. The molecule has 2 N–H and O–H groups in total. The lowest BCUT2D eigenvalue weighted by Gasteiger charge is -2.05. The fourth-order valence-corrected chi connectivity index (χ4v) is 1.44. The molecule has 2 aromatic rings. The Morgan fingerprint density at radius 2 is 1.40 bits per heavy atom. The summed E-state index contributed by atoms with van der Waals surface area (Å²) in [4.78, 5) is 4.01. The average Bonchev–Trinajstić information content (AvgIpc) is 2.68. The maximum atomic E-state index is 5.71. The third kappa shape index (κ3) is 15.7. The van der Waals surface area contributed by atoms with Gasteiger partial charge in [-0.15, -0.1) is 0 Å². The summed E-state index contributed by atoms with van der Waals surface area (Å²) in [6, 6.07) is 1.91. The van der Waals surface area contributed by atoms with Crippen molar-refractivity contribution >= 4 is 16.7 Å². The molecule has 0 aliphatic carbocycles. The first-order chi connectivity index (χ1) is 10.1. The van der Waals surface area contributed by atoms with Crippen molar-refractivity contribution in [3.63, 3.8) is 0 Å². The van der Waals surface area contributed by atoms with Crippen LogP contribution in [0.2, 0.25) is 0 Å². The molecule has 0 radical (unpaired) electrons. The van der Waals surface area contributed by atoms with E-state index >= 15 is 0 Å². The van der Waals surface area contributed by atoms with E-state index in [1.807, 2.05) is 38.6 Å². The molecule has 0 aliphatic rings. The lowest BCUT2D eigenvalue weighted by molar-refractivity contribution is 0.469. The van der Waals surface area contributed by atoms with Crippen molar-refractivity contribution in [3.8, 4) is 0 Å². The molecular weight excluding hydrogens is 308 g/mol. The van der Waals surface area contributed by atoms with Gasteiger partial charge in [-0.1, -0.05) is 84.1 Å². The summed E-state index contributed by atoms with van der Waals surface area (Å²) in [5.41, 5.74) is 8.16. The first-order valence-electron chi connectivity index (χ1n) is 8.15. The zero-order chi connectivity index (χ0) is 17.9. The summed E-state index contributed by atoms with van der Waals surface area (Å²) in [7, 11) is 1.90. The minimum atomic E-state index is 0. The van der Waals surface area contributed by atoms with E-state index in [4.69, 9.17) is 5.73 Å². The van der Waals surface area contributed by atoms with Crippen LogP contribution in [-0.2, 0) is 7.05 Å². The van der Waals surface area contributed by atoms with Crippen molar-refractivity contribution < 1.29 is 0 Å². The number of nitrogens with zero attached hydrogens (tertiary/aromatic N) is 3. The highest BCUT2D eigenvalue weighted by Crippen LogP contribution is 2.20.